The zero-order chi connectivity index (χ0) is 17.1. The molecular formula is C15H22F6O. The molecule has 0 aromatic rings. The Balaban J connectivity index is 2.26. The van der Waals surface area contributed by atoms with E-state index in [1.807, 2.05) is 20.8 Å². The van der Waals surface area contributed by atoms with Gasteiger partial charge in [-0.05, 0) is 54.8 Å². The van der Waals surface area contributed by atoms with Gasteiger partial charge in [0.15, 0.2) is 0 Å². The van der Waals surface area contributed by atoms with Gasteiger partial charge in [0.1, 0.15) is 0 Å². The molecule has 0 aromatic carbocycles. The van der Waals surface area contributed by atoms with Crippen LogP contribution in [0, 0.1) is 29.1 Å². The molecule has 2 fully saturated rings. The van der Waals surface area contributed by atoms with E-state index >= 15 is 0 Å². The standard InChI is InChI=1S/C15H22F6O/c1-8(2)10-6-12(3)4-9(11(10)7-12)5-13(22,14(16,17)18)15(19,20)21/h8-11,22H,4-7H2,1-3H3. The summed E-state index contributed by atoms with van der Waals surface area (Å²) in [7, 11) is 0. The maximum atomic E-state index is 12.9. The van der Waals surface area contributed by atoms with E-state index in [2.05, 4.69) is 0 Å². The van der Waals surface area contributed by atoms with Gasteiger partial charge in [-0.3, -0.25) is 0 Å². The maximum Gasteiger partial charge on any atom is 0.426 e. The van der Waals surface area contributed by atoms with Crippen molar-refractivity contribution in [1.82, 2.24) is 0 Å². The Bertz CT molecular complexity index is 413. The van der Waals surface area contributed by atoms with E-state index in [0.29, 0.717) is 12.8 Å². The summed E-state index contributed by atoms with van der Waals surface area (Å²) in [6.07, 6.45) is -10.9. The normalized spacial score (nSPS) is 36.4. The molecular weight excluding hydrogens is 310 g/mol. The lowest BCUT2D eigenvalue weighted by Crippen LogP contribution is -2.58. The van der Waals surface area contributed by atoms with Crippen LogP contribution >= 0.6 is 0 Å². The molecule has 2 aliphatic rings. The van der Waals surface area contributed by atoms with Crippen LogP contribution in [0.5, 0.6) is 0 Å². The van der Waals surface area contributed by atoms with Crippen molar-refractivity contribution in [2.45, 2.75) is 64.4 Å². The number of fused-ring (bicyclic) bond motifs is 2. The lowest BCUT2D eigenvalue weighted by Gasteiger charge is -2.40. The number of aliphatic hydroxyl groups is 1. The molecule has 7 heteroatoms. The van der Waals surface area contributed by atoms with Gasteiger partial charge in [0.05, 0.1) is 0 Å². The third-order valence-corrected chi connectivity index (χ3v) is 5.72. The minimum Gasteiger partial charge on any atom is -0.374 e. The molecule has 22 heavy (non-hydrogen) atoms. The van der Waals surface area contributed by atoms with E-state index in [4.69, 9.17) is 0 Å². The van der Waals surface area contributed by atoms with Crippen molar-refractivity contribution in [2.24, 2.45) is 29.1 Å². The van der Waals surface area contributed by atoms with E-state index < -0.39 is 30.3 Å². The van der Waals surface area contributed by atoms with Gasteiger partial charge in [0.2, 0.25) is 0 Å². The van der Waals surface area contributed by atoms with E-state index in [1.165, 1.54) is 0 Å². The van der Waals surface area contributed by atoms with Crippen LogP contribution in [0.2, 0.25) is 0 Å². The van der Waals surface area contributed by atoms with Gasteiger partial charge < -0.3 is 5.11 Å². The molecule has 0 heterocycles. The Morgan fingerprint density at radius 3 is 1.86 bits per heavy atom. The molecule has 2 aliphatic carbocycles. The second kappa shape index (κ2) is 5.02. The quantitative estimate of drug-likeness (QED) is 0.726. The molecule has 2 saturated carbocycles. The largest absolute Gasteiger partial charge is 0.426 e. The summed E-state index contributed by atoms with van der Waals surface area (Å²) in [4.78, 5) is 0. The highest BCUT2D eigenvalue weighted by molar-refractivity contribution is 5.06. The van der Waals surface area contributed by atoms with Gasteiger partial charge in [-0.15, -0.1) is 0 Å². The number of hydrogen-bond donors (Lipinski definition) is 1. The average Bonchev–Trinajstić information content (AvgIpc) is 2.78. The molecule has 0 aliphatic heterocycles. The second-order valence-electron chi connectivity index (χ2n) is 7.81. The van der Waals surface area contributed by atoms with Gasteiger partial charge in [-0.1, -0.05) is 20.8 Å². The predicted octanol–water partition coefficient (Wildman–Crippen LogP) is 4.94. The summed E-state index contributed by atoms with van der Waals surface area (Å²) in [5.41, 5.74) is -4.80. The summed E-state index contributed by atoms with van der Waals surface area (Å²) in [5, 5.41) is 9.43. The van der Waals surface area contributed by atoms with Crippen molar-refractivity contribution in [3.8, 4) is 0 Å². The van der Waals surface area contributed by atoms with Gasteiger partial charge in [0.25, 0.3) is 5.60 Å². The van der Waals surface area contributed by atoms with Gasteiger partial charge in [0, 0.05) is 0 Å². The van der Waals surface area contributed by atoms with Crippen molar-refractivity contribution >= 4 is 0 Å². The van der Waals surface area contributed by atoms with Crippen LogP contribution in [0.3, 0.4) is 0 Å². The van der Waals surface area contributed by atoms with E-state index in [-0.39, 0.29) is 23.2 Å². The Kier molecular flexibility index (Phi) is 4.08. The van der Waals surface area contributed by atoms with Crippen LogP contribution in [-0.2, 0) is 0 Å². The summed E-state index contributed by atoms with van der Waals surface area (Å²) in [5.74, 6) is -0.547. The highest BCUT2D eigenvalue weighted by Gasteiger charge is 2.71. The molecule has 2 rings (SSSR count). The van der Waals surface area contributed by atoms with Crippen LogP contribution in [0.25, 0.3) is 0 Å². The lowest BCUT2D eigenvalue weighted by atomic mass is 9.69. The fourth-order valence-electron chi connectivity index (χ4n) is 4.72. The van der Waals surface area contributed by atoms with Crippen molar-refractivity contribution in [2.75, 3.05) is 0 Å². The third kappa shape index (κ3) is 2.74. The number of rotatable bonds is 3. The van der Waals surface area contributed by atoms with Crippen LogP contribution in [0.15, 0.2) is 0 Å². The Labute approximate surface area is 126 Å². The van der Waals surface area contributed by atoms with E-state index in [1.54, 1.807) is 0 Å². The SMILES string of the molecule is CC(C)C1CC2(C)CC(CC(O)(C(F)(F)F)C(F)(F)F)C1C2. The molecule has 1 N–H and O–H groups in total. The molecule has 4 unspecified atom stereocenters. The molecule has 130 valence electrons. The van der Waals surface area contributed by atoms with Crippen molar-refractivity contribution in [3.63, 3.8) is 0 Å². The molecule has 0 spiro atoms. The van der Waals surface area contributed by atoms with E-state index in [9.17, 15) is 31.4 Å². The zero-order valence-corrected chi connectivity index (χ0v) is 12.9. The van der Waals surface area contributed by atoms with Crippen molar-refractivity contribution in [3.05, 3.63) is 0 Å². The third-order valence-electron chi connectivity index (χ3n) is 5.72. The molecule has 1 nitrogen and oxygen atoms in total. The summed E-state index contributed by atoms with van der Waals surface area (Å²) >= 11 is 0. The molecule has 0 radical (unpaired) electrons. The average molecular weight is 332 g/mol. The fraction of sp³-hybridized carbons (Fsp3) is 1.00. The summed E-state index contributed by atoms with van der Waals surface area (Å²) < 4.78 is 77.3. The summed E-state index contributed by atoms with van der Waals surface area (Å²) in [6.45, 7) is 5.83. The van der Waals surface area contributed by atoms with Crippen molar-refractivity contribution in [1.29, 1.82) is 0 Å². The monoisotopic (exact) mass is 332 g/mol. The summed E-state index contributed by atoms with van der Waals surface area (Å²) in [6, 6.07) is 0. The zero-order valence-electron chi connectivity index (χ0n) is 12.9. The molecule has 0 aromatic heterocycles. The number of alkyl halides is 6. The highest BCUT2D eigenvalue weighted by Crippen LogP contribution is 2.64. The Hall–Kier alpha value is -0.460. The minimum atomic E-state index is -5.71. The first-order chi connectivity index (χ1) is 9.70. The van der Waals surface area contributed by atoms with Crippen molar-refractivity contribution < 1.29 is 31.4 Å². The predicted molar refractivity (Wildman–Crippen MR) is 68.9 cm³/mol. The van der Waals surface area contributed by atoms with Crippen LogP contribution in [-0.4, -0.2) is 23.1 Å². The second-order valence-corrected chi connectivity index (χ2v) is 7.81. The van der Waals surface area contributed by atoms with Gasteiger partial charge in [-0.25, -0.2) is 0 Å². The number of halogens is 6. The van der Waals surface area contributed by atoms with Crippen LogP contribution in [0.4, 0.5) is 26.3 Å². The van der Waals surface area contributed by atoms with Crippen LogP contribution in [0.1, 0.15) is 46.5 Å². The lowest BCUT2D eigenvalue weighted by molar-refractivity contribution is -0.373. The number of hydrogen-bond acceptors (Lipinski definition) is 1. The smallest absolute Gasteiger partial charge is 0.374 e. The molecule has 0 saturated heterocycles. The Morgan fingerprint density at radius 2 is 1.50 bits per heavy atom. The minimum absolute atomic E-state index is 0.134. The molecule has 2 bridgehead atoms. The van der Waals surface area contributed by atoms with Gasteiger partial charge >= 0.3 is 12.4 Å². The molecule has 0 amide bonds. The van der Waals surface area contributed by atoms with Crippen LogP contribution < -0.4 is 0 Å². The fourth-order valence-corrected chi connectivity index (χ4v) is 4.72. The van der Waals surface area contributed by atoms with E-state index in [0.717, 1.165) is 6.42 Å². The maximum absolute atomic E-state index is 12.9. The molecule has 4 atom stereocenters. The Morgan fingerprint density at radius 1 is 1.00 bits per heavy atom. The first-order valence-corrected chi connectivity index (χ1v) is 7.56. The first-order valence-electron chi connectivity index (χ1n) is 7.56. The van der Waals surface area contributed by atoms with Gasteiger partial charge in [-0.2, -0.15) is 26.3 Å². The topological polar surface area (TPSA) is 20.2 Å². The highest BCUT2D eigenvalue weighted by atomic mass is 19.4. The first kappa shape index (κ1) is 17.9.